The van der Waals surface area contributed by atoms with E-state index >= 15 is 8.78 Å². The Morgan fingerprint density at radius 3 is 2.55 bits per heavy atom. The van der Waals surface area contributed by atoms with Gasteiger partial charge in [-0.1, -0.05) is 12.2 Å². The van der Waals surface area contributed by atoms with Gasteiger partial charge < -0.3 is 19.4 Å². The van der Waals surface area contributed by atoms with Crippen molar-refractivity contribution in [2.45, 2.75) is 49.2 Å². The van der Waals surface area contributed by atoms with E-state index < -0.39 is 87.3 Å². The van der Waals surface area contributed by atoms with Crippen LogP contribution in [0, 0.1) is 0 Å². The minimum Gasteiger partial charge on any atom is -0.382 e. The van der Waals surface area contributed by atoms with Crippen LogP contribution in [-0.2, 0) is 40.9 Å². The summed E-state index contributed by atoms with van der Waals surface area (Å²) in [5, 5.41) is 0. The monoisotopic (exact) mass is 701 g/mol. The highest BCUT2D eigenvalue weighted by Crippen LogP contribution is 2.64. The molecule has 0 amide bonds. The van der Waals surface area contributed by atoms with E-state index in [1.54, 1.807) is 0 Å². The van der Waals surface area contributed by atoms with E-state index in [0.717, 1.165) is 30.3 Å². The number of hydrogen-bond acceptors (Lipinski definition) is 16. The Morgan fingerprint density at radius 1 is 1.05 bits per heavy atom. The van der Waals surface area contributed by atoms with Crippen LogP contribution < -0.4 is 17.0 Å². The Hall–Kier alpha value is -2.23. The third-order valence-electron chi connectivity index (χ3n) is 6.79. The topological polar surface area (TPSA) is 223 Å². The minimum atomic E-state index is -4.53. The quantitative estimate of drug-likeness (QED) is 0.200. The Balaban J connectivity index is 1.34. The summed E-state index contributed by atoms with van der Waals surface area (Å²) < 4.78 is 99.1. The summed E-state index contributed by atoms with van der Waals surface area (Å²) in [7, 11) is 1.14. The number of fused-ring (bicyclic) bond motifs is 4. The van der Waals surface area contributed by atoms with Crippen molar-refractivity contribution in [2.24, 2.45) is 0 Å². The minimum absolute atomic E-state index is 0.0256. The van der Waals surface area contributed by atoms with Crippen LogP contribution in [0.1, 0.15) is 12.5 Å². The van der Waals surface area contributed by atoms with E-state index in [1.165, 1.54) is 10.9 Å². The molecule has 3 aliphatic rings. The molecule has 0 aromatic carbocycles. The van der Waals surface area contributed by atoms with Crippen LogP contribution in [0.25, 0.3) is 11.2 Å². The molecule has 2 unspecified atom stereocenters. The maximum Gasteiger partial charge on any atom is 0.416 e. The number of nitrogen functional groups attached to an aromatic ring is 1. The highest BCUT2D eigenvalue weighted by molar-refractivity contribution is 8.52. The molecule has 2 bridgehead atoms. The van der Waals surface area contributed by atoms with Gasteiger partial charge in [-0.3, -0.25) is 37.0 Å². The summed E-state index contributed by atoms with van der Waals surface area (Å²) in [4.78, 5) is 38.1. The molecule has 0 radical (unpaired) electrons. The fourth-order valence-corrected chi connectivity index (χ4v) is 8.77. The van der Waals surface area contributed by atoms with Gasteiger partial charge in [0.1, 0.15) is 47.9 Å². The smallest absolute Gasteiger partial charge is 0.382 e. The van der Waals surface area contributed by atoms with E-state index in [0.29, 0.717) is 0 Å². The van der Waals surface area contributed by atoms with Crippen LogP contribution in [0.5, 0.6) is 0 Å². The largest absolute Gasteiger partial charge is 0.416 e. The van der Waals surface area contributed by atoms with Gasteiger partial charge in [-0.25, -0.2) is 37.7 Å². The average Bonchev–Trinajstić information content (AvgIpc) is 3.61. The van der Waals surface area contributed by atoms with E-state index in [2.05, 4.69) is 27.2 Å². The van der Waals surface area contributed by atoms with Crippen molar-refractivity contribution < 1.29 is 49.7 Å². The molecule has 3 fully saturated rings. The number of hydrogen-bond donors (Lipinski definition) is 3. The number of halogens is 2. The highest BCUT2D eigenvalue weighted by Gasteiger charge is 2.55. The number of aromatic amines is 1. The molecule has 18 nitrogen and oxygen atoms in total. The van der Waals surface area contributed by atoms with Crippen molar-refractivity contribution in [1.82, 2.24) is 29.1 Å². The zero-order valence-corrected chi connectivity index (χ0v) is 25.7. The van der Waals surface area contributed by atoms with Crippen molar-refractivity contribution >= 4 is 54.5 Å². The van der Waals surface area contributed by atoms with Crippen LogP contribution in [0.3, 0.4) is 0 Å². The van der Waals surface area contributed by atoms with Gasteiger partial charge in [0.25, 0.3) is 5.56 Å². The molecule has 3 aromatic rings. The van der Waals surface area contributed by atoms with Crippen LogP contribution >= 0.6 is 37.5 Å². The van der Waals surface area contributed by atoms with Gasteiger partial charge in [-0.15, -0.1) is 0 Å². The lowest BCUT2D eigenvalue weighted by molar-refractivity contribution is -0.0590. The van der Waals surface area contributed by atoms with Gasteiger partial charge in [0.2, 0.25) is 0 Å². The van der Waals surface area contributed by atoms with Crippen molar-refractivity contribution in [1.29, 1.82) is 0 Å². The van der Waals surface area contributed by atoms with Crippen molar-refractivity contribution in [3.63, 3.8) is 0 Å². The maximum absolute atomic E-state index is 16.0. The Kier molecular flexibility index (Phi) is 8.78. The predicted molar refractivity (Wildman–Crippen MR) is 149 cm³/mol. The summed E-state index contributed by atoms with van der Waals surface area (Å²) in [5.74, 6) is 0.0256. The first kappa shape index (κ1) is 31.7. The normalized spacial score (nSPS) is 38.1. The number of nitrogens with zero attached hydrogens (tertiary/aromatic N) is 5. The van der Waals surface area contributed by atoms with Crippen LogP contribution in [0.4, 0.5) is 14.6 Å². The summed E-state index contributed by atoms with van der Waals surface area (Å²) in [6, 6.07) is 0.970. The lowest BCUT2D eigenvalue weighted by Crippen LogP contribution is -2.37. The summed E-state index contributed by atoms with van der Waals surface area (Å²) >= 11 is 4.12. The number of imidazole rings is 1. The van der Waals surface area contributed by atoms with Crippen LogP contribution in [-0.4, -0.2) is 86.2 Å². The maximum atomic E-state index is 16.0. The number of anilines is 1. The van der Waals surface area contributed by atoms with Gasteiger partial charge in [0.05, 0.1) is 26.7 Å². The zero-order chi connectivity index (χ0) is 31.4. The number of aromatic nitrogens is 6. The SMILES string of the molecule is COSP1(=O)OC[C@H]2O[C@@H](n3cnc4c(N)ncnc43)[C@H](F)[C@@H]2OP(=O)(S)OC[C@H]2O[C@@H](n3ccc(=O)[nH]c3=O)[C@H](O1)[C@@H]2F. The molecule has 3 aliphatic heterocycles. The number of nitrogens with one attached hydrogen (secondary N) is 1. The molecule has 3 saturated heterocycles. The number of ether oxygens (including phenoxy) is 2. The van der Waals surface area contributed by atoms with Gasteiger partial charge >= 0.3 is 19.3 Å². The third-order valence-corrected chi connectivity index (χ3v) is 11.3. The van der Waals surface area contributed by atoms with Crippen LogP contribution in [0.15, 0.2) is 34.5 Å². The molecule has 3 aromatic heterocycles. The molecule has 0 aliphatic carbocycles. The number of H-pyrrole nitrogens is 1. The molecule has 3 N–H and O–H groups in total. The Labute approximate surface area is 254 Å². The second kappa shape index (κ2) is 12.2. The average molecular weight is 702 g/mol. The first-order valence-electron chi connectivity index (χ1n) is 12.5. The summed E-state index contributed by atoms with van der Waals surface area (Å²) in [5.41, 5.74) is 4.36. The van der Waals surface area contributed by atoms with Gasteiger partial charge in [-0.2, -0.15) is 0 Å². The number of nitrogens with two attached hydrogens (primary N) is 1. The van der Waals surface area contributed by atoms with Crippen molar-refractivity contribution in [2.75, 3.05) is 26.1 Å². The highest BCUT2D eigenvalue weighted by atomic mass is 32.7. The van der Waals surface area contributed by atoms with Gasteiger partial charge in [0.15, 0.2) is 36.3 Å². The van der Waals surface area contributed by atoms with E-state index in [4.69, 9.17) is 37.5 Å². The molecule has 0 spiro atoms. The third kappa shape index (κ3) is 6.01. The summed E-state index contributed by atoms with van der Waals surface area (Å²) in [6.07, 6.45) is -10.5. The molecule has 240 valence electrons. The lowest BCUT2D eigenvalue weighted by Gasteiger charge is -2.27. The molecular weight excluding hydrogens is 678 g/mol. The van der Waals surface area contributed by atoms with Crippen molar-refractivity contribution in [3.05, 3.63) is 45.8 Å². The zero-order valence-electron chi connectivity index (χ0n) is 22.2. The van der Waals surface area contributed by atoms with E-state index in [9.17, 15) is 18.7 Å². The van der Waals surface area contributed by atoms with E-state index in [-0.39, 0.29) is 28.6 Å². The molecular formula is C20H23F2N7O11P2S2. The molecule has 10 atom stereocenters. The fraction of sp³-hybridized carbons (Fsp3) is 0.550. The van der Waals surface area contributed by atoms with Gasteiger partial charge in [-0.05, 0) is 0 Å². The first-order valence-corrected chi connectivity index (χ1v) is 18.1. The fourth-order valence-electron chi connectivity index (χ4n) is 4.85. The number of thiol groups is 1. The summed E-state index contributed by atoms with van der Waals surface area (Å²) in [6.45, 7) is -10.5. The first-order chi connectivity index (χ1) is 20.9. The Morgan fingerprint density at radius 2 is 1.80 bits per heavy atom. The standard InChI is InChI=1S/C20H23F2N7O11P2S2/c1-34-44-42(33)36-5-9-14(12(22)18(38-9)29-7-26-13-16(23)24-6-25-17(13)29)39-41(32,43)35-4-8-11(21)15(40-42)19(37-8)28-3-2-10(30)27-20(28)31/h2-3,6-9,11-12,14-15,18-19H,4-5H2,1H3,(H,32,43)(H2,23,24,25)(H,27,30,31)/t8-,9-,11-,12-,14-,15-,18-,19-,41?,42?/m1/s1. The van der Waals surface area contributed by atoms with E-state index in [1.807, 2.05) is 4.98 Å². The Bertz CT molecular complexity index is 1770. The molecule has 6 heterocycles. The second-order valence-corrected chi connectivity index (χ2v) is 16.0. The van der Waals surface area contributed by atoms with Crippen molar-refractivity contribution in [3.8, 4) is 0 Å². The van der Waals surface area contributed by atoms with Gasteiger partial charge in [0, 0.05) is 12.3 Å². The second-order valence-electron chi connectivity index (χ2n) is 9.51. The molecule has 44 heavy (non-hydrogen) atoms. The number of rotatable bonds is 4. The number of alkyl halides is 2. The lowest BCUT2D eigenvalue weighted by atomic mass is 10.1. The molecule has 0 saturated carbocycles. The predicted octanol–water partition coefficient (Wildman–Crippen LogP) is 1.69. The molecule has 6 rings (SSSR count). The molecule has 24 heteroatoms. The van der Waals surface area contributed by atoms with Crippen LogP contribution in [0.2, 0.25) is 0 Å².